The second-order valence-corrected chi connectivity index (χ2v) is 4.08. The minimum atomic E-state index is 0.421. The summed E-state index contributed by atoms with van der Waals surface area (Å²) in [6.07, 6.45) is 0. The Bertz CT molecular complexity index is 327. The molecule has 1 aromatic carbocycles. The number of hydrazine groups is 1. The first-order chi connectivity index (χ1) is 6.15. The Balaban J connectivity index is 2.89. The van der Waals surface area contributed by atoms with Crippen molar-refractivity contribution in [3.63, 3.8) is 0 Å². The lowest BCUT2D eigenvalue weighted by atomic mass is 10.2. The van der Waals surface area contributed by atoms with E-state index in [1.165, 1.54) is 9.13 Å². The van der Waals surface area contributed by atoms with Crippen molar-refractivity contribution in [3.8, 4) is 0 Å². The van der Waals surface area contributed by atoms with Crippen LogP contribution in [0.4, 0.5) is 5.69 Å². The van der Waals surface area contributed by atoms with Gasteiger partial charge in [0.25, 0.3) is 0 Å². The molecule has 0 heterocycles. The Kier molecular flexibility index (Phi) is 3.89. The molecule has 0 saturated carbocycles. The Morgan fingerprint density at radius 3 is 2.85 bits per heavy atom. The van der Waals surface area contributed by atoms with Gasteiger partial charge in [0.1, 0.15) is 0 Å². The third-order valence-electron chi connectivity index (χ3n) is 1.65. The molecule has 1 rings (SSSR count). The summed E-state index contributed by atoms with van der Waals surface area (Å²) < 4.78 is 1.20. The lowest BCUT2D eigenvalue weighted by Gasteiger charge is -2.10. The van der Waals surface area contributed by atoms with Gasteiger partial charge in [0.05, 0.1) is 0 Å². The van der Waals surface area contributed by atoms with Gasteiger partial charge < -0.3 is 10.7 Å². The zero-order chi connectivity index (χ0) is 9.84. The van der Waals surface area contributed by atoms with Crippen molar-refractivity contribution in [2.24, 2.45) is 5.84 Å². The molecule has 0 fully saturated rings. The molecule has 0 saturated heterocycles. The smallest absolute Gasteiger partial charge is 0.185 e. The molecular formula is C8H10IN3S. The normalized spacial score (nSPS) is 9.46. The molecule has 0 aliphatic heterocycles. The second kappa shape index (κ2) is 4.73. The second-order valence-electron chi connectivity index (χ2n) is 2.51. The molecule has 0 aliphatic carbocycles. The van der Waals surface area contributed by atoms with E-state index in [9.17, 15) is 0 Å². The zero-order valence-electron chi connectivity index (χ0n) is 7.10. The van der Waals surface area contributed by atoms with Gasteiger partial charge in [-0.25, -0.2) is 5.84 Å². The van der Waals surface area contributed by atoms with Crippen LogP contribution in [0.15, 0.2) is 18.2 Å². The quantitative estimate of drug-likeness (QED) is 0.320. The van der Waals surface area contributed by atoms with Crippen molar-refractivity contribution in [3.05, 3.63) is 27.3 Å². The van der Waals surface area contributed by atoms with Crippen molar-refractivity contribution in [2.75, 3.05) is 5.32 Å². The number of nitrogens with one attached hydrogen (secondary N) is 2. The maximum Gasteiger partial charge on any atom is 0.185 e. The standard InChI is InChI=1S/C8H10IN3S/c1-5-6(9)3-2-4-7(5)11-8(13)12-10/h2-4H,10H2,1H3,(H2,11,12,13). The van der Waals surface area contributed by atoms with Gasteiger partial charge in [-0.1, -0.05) is 6.07 Å². The van der Waals surface area contributed by atoms with Gasteiger partial charge in [0, 0.05) is 9.26 Å². The van der Waals surface area contributed by atoms with E-state index in [1.54, 1.807) is 0 Å². The molecule has 1 aromatic rings. The Morgan fingerprint density at radius 1 is 1.54 bits per heavy atom. The highest BCUT2D eigenvalue weighted by Crippen LogP contribution is 2.19. The number of halogens is 1. The zero-order valence-corrected chi connectivity index (χ0v) is 10.1. The molecule has 5 heteroatoms. The van der Waals surface area contributed by atoms with Crippen molar-refractivity contribution in [1.29, 1.82) is 0 Å². The molecule has 13 heavy (non-hydrogen) atoms. The van der Waals surface area contributed by atoms with Gasteiger partial charge in [-0.15, -0.1) is 0 Å². The monoisotopic (exact) mass is 307 g/mol. The highest BCUT2D eigenvalue weighted by atomic mass is 127. The maximum absolute atomic E-state index is 5.15. The average Bonchev–Trinajstić information content (AvgIpc) is 2.13. The third-order valence-corrected chi connectivity index (χ3v) is 3.04. The molecule has 0 aliphatic rings. The number of hydrogen-bond acceptors (Lipinski definition) is 2. The summed E-state index contributed by atoms with van der Waals surface area (Å²) in [4.78, 5) is 0. The van der Waals surface area contributed by atoms with Gasteiger partial charge in [0.15, 0.2) is 5.11 Å². The Hall–Kier alpha value is -0.400. The van der Waals surface area contributed by atoms with Crippen LogP contribution < -0.4 is 16.6 Å². The number of nitrogens with two attached hydrogens (primary N) is 1. The SMILES string of the molecule is Cc1c(I)cccc1NC(=S)NN. The van der Waals surface area contributed by atoms with Gasteiger partial charge >= 0.3 is 0 Å². The fourth-order valence-electron chi connectivity index (χ4n) is 0.901. The lowest BCUT2D eigenvalue weighted by molar-refractivity contribution is 1.04. The molecule has 0 aromatic heterocycles. The van der Waals surface area contributed by atoms with Crippen LogP contribution in [-0.2, 0) is 0 Å². The van der Waals surface area contributed by atoms with Crippen molar-refractivity contribution >= 4 is 45.6 Å². The summed E-state index contributed by atoms with van der Waals surface area (Å²) in [5.41, 5.74) is 4.53. The summed E-state index contributed by atoms with van der Waals surface area (Å²) >= 11 is 7.16. The van der Waals surface area contributed by atoms with E-state index >= 15 is 0 Å². The van der Waals surface area contributed by atoms with E-state index in [0.717, 1.165) is 5.69 Å². The first kappa shape index (κ1) is 10.7. The highest BCUT2D eigenvalue weighted by Gasteiger charge is 2.01. The average molecular weight is 307 g/mol. The number of thiocarbonyl (C=S) groups is 1. The van der Waals surface area contributed by atoms with E-state index in [0.29, 0.717) is 5.11 Å². The molecule has 4 N–H and O–H groups in total. The van der Waals surface area contributed by atoms with Crippen molar-refractivity contribution in [1.82, 2.24) is 5.43 Å². The molecule has 3 nitrogen and oxygen atoms in total. The minimum absolute atomic E-state index is 0.421. The number of hydrogen-bond donors (Lipinski definition) is 3. The van der Waals surface area contributed by atoms with Crippen LogP contribution in [0.3, 0.4) is 0 Å². The summed E-state index contributed by atoms with van der Waals surface area (Å²) in [6, 6.07) is 5.97. The maximum atomic E-state index is 5.15. The molecule has 0 bridgehead atoms. The molecule has 0 amide bonds. The summed E-state index contributed by atoms with van der Waals surface area (Å²) in [7, 11) is 0. The minimum Gasteiger partial charge on any atom is -0.331 e. The fourth-order valence-corrected chi connectivity index (χ4v) is 1.51. The first-order valence-corrected chi connectivity index (χ1v) is 5.16. The van der Waals surface area contributed by atoms with E-state index in [1.807, 2.05) is 25.1 Å². The van der Waals surface area contributed by atoms with Crippen LogP contribution in [0.2, 0.25) is 0 Å². The van der Waals surface area contributed by atoms with E-state index in [4.69, 9.17) is 18.1 Å². The number of benzene rings is 1. The van der Waals surface area contributed by atoms with Crippen LogP contribution in [0.1, 0.15) is 5.56 Å². The van der Waals surface area contributed by atoms with E-state index in [-0.39, 0.29) is 0 Å². The van der Waals surface area contributed by atoms with Gasteiger partial charge in [-0.05, 0) is 59.4 Å². The Morgan fingerprint density at radius 2 is 2.23 bits per heavy atom. The van der Waals surface area contributed by atoms with E-state index < -0.39 is 0 Å². The highest BCUT2D eigenvalue weighted by molar-refractivity contribution is 14.1. The van der Waals surface area contributed by atoms with Crippen LogP contribution in [0.25, 0.3) is 0 Å². The Labute approximate surface area is 96.2 Å². The fraction of sp³-hybridized carbons (Fsp3) is 0.125. The first-order valence-electron chi connectivity index (χ1n) is 3.68. The number of rotatable bonds is 1. The molecule has 70 valence electrons. The number of anilines is 1. The molecule has 0 atom stereocenters. The van der Waals surface area contributed by atoms with Crippen LogP contribution in [0, 0.1) is 10.5 Å². The van der Waals surface area contributed by atoms with Gasteiger partial charge in [-0.3, -0.25) is 0 Å². The summed E-state index contributed by atoms with van der Waals surface area (Å²) in [5.74, 6) is 5.15. The third kappa shape index (κ3) is 2.78. The largest absolute Gasteiger partial charge is 0.331 e. The van der Waals surface area contributed by atoms with Crippen molar-refractivity contribution in [2.45, 2.75) is 6.92 Å². The molecule has 0 spiro atoms. The van der Waals surface area contributed by atoms with Gasteiger partial charge in [0.2, 0.25) is 0 Å². The summed E-state index contributed by atoms with van der Waals surface area (Å²) in [6.45, 7) is 2.03. The molecule has 0 radical (unpaired) electrons. The molecular weight excluding hydrogens is 297 g/mol. The predicted octanol–water partition coefficient (Wildman–Crippen LogP) is 1.76. The summed E-state index contributed by atoms with van der Waals surface area (Å²) in [5, 5.41) is 3.41. The van der Waals surface area contributed by atoms with Crippen LogP contribution in [0.5, 0.6) is 0 Å². The molecule has 0 unspecified atom stereocenters. The van der Waals surface area contributed by atoms with Crippen molar-refractivity contribution < 1.29 is 0 Å². The van der Waals surface area contributed by atoms with Crippen LogP contribution in [-0.4, -0.2) is 5.11 Å². The predicted molar refractivity (Wildman–Crippen MR) is 67.4 cm³/mol. The van der Waals surface area contributed by atoms with E-state index in [2.05, 4.69) is 33.3 Å². The van der Waals surface area contributed by atoms with Crippen LogP contribution >= 0.6 is 34.8 Å². The van der Waals surface area contributed by atoms with Gasteiger partial charge in [-0.2, -0.15) is 0 Å². The topological polar surface area (TPSA) is 50.1 Å². The lowest BCUT2D eigenvalue weighted by Crippen LogP contribution is -2.34.